The second kappa shape index (κ2) is 10.4. The summed E-state index contributed by atoms with van der Waals surface area (Å²) in [7, 11) is 1.29. The summed E-state index contributed by atoms with van der Waals surface area (Å²) >= 11 is 0. The molecule has 1 aliphatic heterocycles. The van der Waals surface area contributed by atoms with Gasteiger partial charge in [-0.05, 0) is 52.4 Å². The summed E-state index contributed by atoms with van der Waals surface area (Å²) in [6.07, 6.45) is 0.206. The Morgan fingerprint density at radius 3 is 2.23 bits per heavy atom. The quantitative estimate of drug-likeness (QED) is 0.336. The van der Waals surface area contributed by atoms with E-state index in [0.29, 0.717) is 12.8 Å². The standard InChI is InChI=1S/C23H36O7/c1-10-19-23(8,30-22(6,7)29-19)12-11-18(25)14(2)13-15(3)20(28-17(5)24)16(4)21(26)27-9/h14-16,19-20H,10,13H2,1-9H3. The van der Waals surface area contributed by atoms with Crippen LogP contribution < -0.4 is 0 Å². The van der Waals surface area contributed by atoms with Gasteiger partial charge in [0.2, 0.25) is 5.78 Å². The first kappa shape index (κ1) is 26.1. The molecule has 1 rings (SSSR count). The van der Waals surface area contributed by atoms with E-state index in [-0.39, 0.29) is 17.8 Å². The van der Waals surface area contributed by atoms with Crippen LogP contribution in [0.25, 0.3) is 0 Å². The Morgan fingerprint density at radius 1 is 1.13 bits per heavy atom. The number of rotatable bonds is 8. The highest BCUT2D eigenvalue weighted by atomic mass is 16.8. The lowest BCUT2D eigenvalue weighted by molar-refractivity contribution is -0.161. The third-order valence-corrected chi connectivity index (χ3v) is 5.40. The minimum Gasteiger partial charge on any atom is -0.469 e. The number of carbonyl (C=O) groups excluding carboxylic acids is 3. The van der Waals surface area contributed by atoms with Gasteiger partial charge in [-0.15, -0.1) is 0 Å². The summed E-state index contributed by atoms with van der Waals surface area (Å²) in [6, 6.07) is 0. The minimum absolute atomic E-state index is 0.226. The fourth-order valence-corrected chi connectivity index (χ4v) is 3.96. The second-order valence-corrected chi connectivity index (χ2v) is 8.74. The lowest BCUT2D eigenvalue weighted by atomic mass is 9.85. The monoisotopic (exact) mass is 424 g/mol. The Labute approximate surface area is 180 Å². The smallest absolute Gasteiger partial charge is 0.312 e. The van der Waals surface area contributed by atoms with Crippen LogP contribution in [0.1, 0.15) is 68.2 Å². The number of ketones is 1. The van der Waals surface area contributed by atoms with Gasteiger partial charge in [0.05, 0.1) is 13.0 Å². The lowest BCUT2D eigenvalue weighted by Crippen LogP contribution is -2.37. The van der Waals surface area contributed by atoms with Crippen LogP contribution in [0.2, 0.25) is 0 Å². The third kappa shape index (κ3) is 6.82. The molecule has 0 spiro atoms. The predicted molar refractivity (Wildman–Crippen MR) is 111 cm³/mol. The Balaban J connectivity index is 2.89. The van der Waals surface area contributed by atoms with Crippen LogP contribution >= 0.6 is 0 Å². The SMILES string of the molecule is CCC1OC(C)(C)OC1(C)C#CC(=O)C(C)CC(C)C(OC(C)=O)C(C)C(=O)OC. The average molecular weight is 425 g/mol. The molecule has 1 heterocycles. The van der Waals surface area contributed by atoms with Gasteiger partial charge >= 0.3 is 11.9 Å². The van der Waals surface area contributed by atoms with Gasteiger partial charge in [0, 0.05) is 12.8 Å². The Hall–Kier alpha value is -1.91. The lowest BCUT2D eigenvalue weighted by Gasteiger charge is -2.28. The van der Waals surface area contributed by atoms with E-state index >= 15 is 0 Å². The molecule has 0 amide bonds. The Morgan fingerprint density at radius 2 is 1.73 bits per heavy atom. The van der Waals surface area contributed by atoms with Crippen LogP contribution in [0.5, 0.6) is 0 Å². The number of methoxy groups -OCH3 is 1. The van der Waals surface area contributed by atoms with Crippen molar-refractivity contribution in [2.45, 2.75) is 91.8 Å². The van der Waals surface area contributed by atoms with Gasteiger partial charge in [0.15, 0.2) is 11.4 Å². The highest BCUT2D eigenvalue weighted by Crippen LogP contribution is 2.37. The van der Waals surface area contributed by atoms with Gasteiger partial charge in [0.1, 0.15) is 12.2 Å². The van der Waals surface area contributed by atoms with Crippen molar-refractivity contribution in [3.8, 4) is 11.8 Å². The van der Waals surface area contributed by atoms with Gasteiger partial charge in [-0.3, -0.25) is 14.4 Å². The van der Waals surface area contributed by atoms with Gasteiger partial charge in [-0.25, -0.2) is 0 Å². The molecule has 7 nitrogen and oxygen atoms in total. The number of carbonyl (C=O) groups is 3. The van der Waals surface area contributed by atoms with E-state index in [2.05, 4.69) is 11.8 Å². The summed E-state index contributed by atoms with van der Waals surface area (Å²) in [5, 5.41) is 0. The molecule has 30 heavy (non-hydrogen) atoms. The van der Waals surface area contributed by atoms with E-state index in [1.54, 1.807) is 13.8 Å². The average Bonchev–Trinajstić information content (AvgIpc) is 2.90. The molecule has 0 aromatic rings. The summed E-state index contributed by atoms with van der Waals surface area (Å²) in [4.78, 5) is 36.1. The molecular formula is C23H36O7. The van der Waals surface area contributed by atoms with E-state index in [0.717, 1.165) is 0 Å². The largest absolute Gasteiger partial charge is 0.469 e. The van der Waals surface area contributed by atoms with E-state index in [4.69, 9.17) is 18.9 Å². The normalized spacial score (nSPS) is 26.5. The van der Waals surface area contributed by atoms with Crippen molar-refractivity contribution >= 4 is 17.7 Å². The molecule has 170 valence electrons. The summed E-state index contributed by atoms with van der Waals surface area (Å²) in [5.74, 6) is 2.46. The minimum atomic E-state index is -0.862. The van der Waals surface area contributed by atoms with Gasteiger partial charge in [-0.1, -0.05) is 26.7 Å². The molecule has 0 bridgehead atoms. The molecule has 6 atom stereocenters. The van der Waals surface area contributed by atoms with E-state index in [9.17, 15) is 14.4 Å². The molecular weight excluding hydrogens is 388 g/mol. The molecule has 1 saturated heterocycles. The van der Waals surface area contributed by atoms with Crippen molar-refractivity contribution in [3.63, 3.8) is 0 Å². The van der Waals surface area contributed by atoms with Crippen LogP contribution in [0.15, 0.2) is 0 Å². The molecule has 7 heteroatoms. The molecule has 0 aromatic heterocycles. The van der Waals surface area contributed by atoms with Crippen LogP contribution in [0.4, 0.5) is 0 Å². The maximum atomic E-state index is 12.7. The number of ether oxygens (including phenoxy) is 4. The highest BCUT2D eigenvalue weighted by molar-refractivity contribution is 5.97. The highest BCUT2D eigenvalue weighted by Gasteiger charge is 2.48. The zero-order valence-electron chi connectivity index (χ0n) is 19.7. The second-order valence-electron chi connectivity index (χ2n) is 8.74. The summed E-state index contributed by atoms with van der Waals surface area (Å²) in [5.41, 5.74) is -0.862. The first-order valence-corrected chi connectivity index (χ1v) is 10.5. The number of hydrogen-bond acceptors (Lipinski definition) is 7. The molecule has 0 radical (unpaired) electrons. The van der Waals surface area contributed by atoms with Crippen LogP contribution in [0.3, 0.4) is 0 Å². The van der Waals surface area contributed by atoms with E-state index < -0.39 is 41.3 Å². The number of Topliss-reactive ketones (excluding diaryl/α,β-unsaturated/α-hetero) is 1. The third-order valence-electron chi connectivity index (χ3n) is 5.40. The van der Waals surface area contributed by atoms with Crippen molar-refractivity contribution in [1.29, 1.82) is 0 Å². The fourth-order valence-electron chi connectivity index (χ4n) is 3.96. The molecule has 0 saturated carbocycles. The molecule has 0 aromatic carbocycles. The molecule has 6 unspecified atom stereocenters. The number of esters is 2. The zero-order valence-corrected chi connectivity index (χ0v) is 19.7. The van der Waals surface area contributed by atoms with Crippen molar-refractivity contribution in [2.75, 3.05) is 7.11 Å². The molecule has 1 aliphatic rings. The zero-order chi connectivity index (χ0) is 23.3. The Bertz CT molecular complexity index is 702. The van der Waals surface area contributed by atoms with Crippen molar-refractivity contribution in [3.05, 3.63) is 0 Å². The maximum Gasteiger partial charge on any atom is 0.312 e. The van der Waals surface area contributed by atoms with Crippen LogP contribution in [-0.4, -0.2) is 48.4 Å². The van der Waals surface area contributed by atoms with Crippen molar-refractivity contribution in [2.24, 2.45) is 17.8 Å². The van der Waals surface area contributed by atoms with Crippen LogP contribution in [-0.2, 0) is 33.3 Å². The van der Waals surface area contributed by atoms with Crippen molar-refractivity contribution < 1.29 is 33.3 Å². The first-order valence-electron chi connectivity index (χ1n) is 10.5. The van der Waals surface area contributed by atoms with Gasteiger partial charge in [-0.2, -0.15) is 0 Å². The summed E-state index contributed by atoms with van der Waals surface area (Å²) in [6.45, 7) is 14.0. The molecule has 0 aliphatic carbocycles. The number of hydrogen-bond donors (Lipinski definition) is 0. The Kier molecular flexibility index (Phi) is 9.06. The molecule has 0 N–H and O–H groups in total. The van der Waals surface area contributed by atoms with Gasteiger partial charge < -0.3 is 18.9 Å². The van der Waals surface area contributed by atoms with E-state index in [1.165, 1.54) is 14.0 Å². The first-order chi connectivity index (χ1) is 13.8. The maximum absolute atomic E-state index is 12.7. The van der Waals surface area contributed by atoms with E-state index in [1.807, 2.05) is 34.6 Å². The topological polar surface area (TPSA) is 88.1 Å². The molecule has 1 fully saturated rings. The van der Waals surface area contributed by atoms with Crippen molar-refractivity contribution in [1.82, 2.24) is 0 Å². The van der Waals surface area contributed by atoms with Crippen LogP contribution in [0, 0.1) is 29.6 Å². The summed E-state index contributed by atoms with van der Waals surface area (Å²) < 4.78 is 22.0. The fraction of sp³-hybridized carbons (Fsp3) is 0.783. The predicted octanol–water partition coefficient (Wildman–Crippen LogP) is 3.28. The van der Waals surface area contributed by atoms with Gasteiger partial charge in [0.25, 0.3) is 0 Å².